The van der Waals surface area contributed by atoms with Gasteiger partial charge < -0.3 is 24.3 Å². The van der Waals surface area contributed by atoms with Gasteiger partial charge in [-0.05, 0) is 68.7 Å². The van der Waals surface area contributed by atoms with Gasteiger partial charge in [-0.2, -0.15) is 0 Å². The predicted molar refractivity (Wildman–Crippen MR) is 196 cm³/mol. The number of nitrogens with zero attached hydrogens (tertiary/aromatic N) is 3. The minimum atomic E-state index is -0.635. The number of carbonyl (C=O) groups is 1. The standard InChI is InChI=1S/C40H62N6O5/c1-29-36(51-28-42-29)27-50-34-13-12-31-25-45(17-14-30(31)22-34)26-33(47)24-41-38(48)35-23-37(46-18-20-49-21-19-46)44-39(43-32-10-9-11-32)40(35)15-7-5-3-2-4-6-8-16-40/h12-13,22,28,32-33,35,37,39,43-44,47H,2-11,14-21,23-27H2,1H3,(H,41,48)/t33-,35?,37?,39?/m0/s1. The molecule has 2 aliphatic carbocycles. The van der Waals surface area contributed by atoms with Crippen LogP contribution in [0, 0.1) is 18.3 Å². The summed E-state index contributed by atoms with van der Waals surface area (Å²) in [6.45, 7) is 7.98. The molecule has 11 nitrogen and oxygen atoms in total. The summed E-state index contributed by atoms with van der Waals surface area (Å²) in [6, 6.07) is 6.80. The van der Waals surface area contributed by atoms with Gasteiger partial charge in [0.25, 0.3) is 0 Å². The van der Waals surface area contributed by atoms with E-state index < -0.39 is 6.10 Å². The second-order valence-corrected chi connectivity index (χ2v) is 16.0. The molecule has 1 aromatic heterocycles. The van der Waals surface area contributed by atoms with E-state index in [4.69, 9.17) is 13.9 Å². The normalized spacial score (nSPS) is 27.3. The molecule has 1 aromatic carbocycles. The Hall–Kier alpha value is -2.54. The van der Waals surface area contributed by atoms with Gasteiger partial charge in [-0.3, -0.25) is 25.2 Å². The number of hydrogen-bond donors (Lipinski definition) is 4. The topological polar surface area (TPSA) is 124 Å². The van der Waals surface area contributed by atoms with Gasteiger partial charge in [0.2, 0.25) is 5.91 Å². The molecule has 0 radical (unpaired) electrons. The highest BCUT2D eigenvalue weighted by Gasteiger charge is 2.53. The average Bonchev–Trinajstić information content (AvgIpc) is 3.55. The molecule has 5 aliphatic rings. The smallest absolute Gasteiger partial charge is 0.223 e. The molecule has 4 fully saturated rings. The molecule has 1 amide bonds. The molecule has 2 saturated heterocycles. The fourth-order valence-corrected chi connectivity index (χ4v) is 9.33. The maximum absolute atomic E-state index is 14.6. The van der Waals surface area contributed by atoms with Crippen LogP contribution in [-0.4, -0.2) is 96.2 Å². The molecule has 1 spiro atoms. The molecule has 7 rings (SSSR count). The highest BCUT2D eigenvalue weighted by Crippen LogP contribution is 2.48. The Kier molecular flexibility index (Phi) is 12.6. The first-order chi connectivity index (χ1) is 25.0. The number of aromatic nitrogens is 1. The van der Waals surface area contributed by atoms with Crippen LogP contribution in [0.3, 0.4) is 0 Å². The Morgan fingerprint density at radius 2 is 1.82 bits per heavy atom. The number of β-amino-alcohol motifs (C(OH)–C–C–N with tert-alkyl or cyclic N) is 1. The first-order valence-corrected chi connectivity index (χ1v) is 20.1. The zero-order valence-electron chi connectivity index (χ0n) is 30.9. The van der Waals surface area contributed by atoms with E-state index in [1.807, 2.05) is 13.0 Å². The maximum atomic E-state index is 14.6. The van der Waals surface area contributed by atoms with Crippen molar-refractivity contribution < 1.29 is 23.8 Å². The van der Waals surface area contributed by atoms with Crippen molar-refractivity contribution in [3.8, 4) is 5.75 Å². The molecule has 4 N–H and O–H groups in total. The fraction of sp³-hybridized carbons (Fsp3) is 0.750. The molecular weight excluding hydrogens is 644 g/mol. The molecule has 282 valence electrons. The van der Waals surface area contributed by atoms with Gasteiger partial charge >= 0.3 is 0 Å². The van der Waals surface area contributed by atoms with Gasteiger partial charge in [-0.15, -0.1) is 0 Å². The van der Waals surface area contributed by atoms with Gasteiger partial charge in [0.1, 0.15) is 12.4 Å². The molecule has 51 heavy (non-hydrogen) atoms. The number of benzene rings is 1. The van der Waals surface area contributed by atoms with Crippen LogP contribution in [0.25, 0.3) is 0 Å². The number of amides is 1. The highest BCUT2D eigenvalue weighted by molar-refractivity contribution is 5.80. The third-order valence-electron chi connectivity index (χ3n) is 12.6. The quantitative estimate of drug-likeness (QED) is 0.263. The first kappa shape index (κ1) is 36.8. The Morgan fingerprint density at radius 1 is 1.06 bits per heavy atom. The van der Waals surface area contributed by atoms with Gasteiger partial charge in [-0.25, -0.2) is 4.98 Å². The summed E-state index contributed by atoms with van der Waals surface area (Å²) in [7, 11) is 0. The van der Waals surface area contributed by atoms with Crippen LogP contribution >= 0.6 is 0 Å². The van der Waals surface area contributed by atoms with Crippen LogP contribution in [0.2, 0.25) is 0 Å². The second-order valence-electron chi connectivity index (χ2n) is 16.0. The molecule has 0 bridgehead atoms. The number of rotatable bonds is 11. The van der Waals surface area contributed by atoms with Crippen LogP contribution in [0.5, 0.6) is 5.75 Å². The third kappa shape index (κ3) is 9.16. The monoisotopic (exact) mass is 706 g/mol. The third-order valence-corrected chi connectivity index (χ3v) is 12.6. The predicted octanol–water partition coefficient (Wildman–Crippen LogP) is 4.64. The van der Waals surface area contributed by atoms with E-state index in [2.05, 4.69) is 42.9 Å². The molecular formula is C40H62N6O5. The number of oxazole rings is 1. The number of aliphatic hydroxyl groups excluding tert-OH is 1. The summed E-state index contributed by atoms with van der Waals surface area (Å²) >= 11 is 0. The van der Waals surface area contributed by atoms with E-state index in [-0.39, 0.29) is 36.1 Å². The van der Waals surface area contributed by atoms with Crippen LogP contribution in [0.4, 0.5) is 0 Å². The molecule has 2 saturated carbocycles. The number of nitrogens with one attached hydrogen (secondary N) is 3. The number of aliphatic hydroxyl groups is 1. The van der Waals surface area contributed by atoms with Crippen molar-refractivity contribution >= 4 is 5.91 Å². The Bertz CT molecular complexity index is 1400. The van der Waals surface area contributed by atoms with E-state index in [1.54, 1.807) is 0 Å². The average molecular weight is 707 g/mol. The lowest BCUT2D eigenvalue weighted by molar-refractivity contribution is -0.140. The van der Waals surface area contributed by atoms with Crippen molar-refractivity contribution in [3.05, 3.63) is 47.2 Å². The van der Waals surface area contributed by atoms with E-state index in [0.717, 1.165) is 82.3 Å². The number of morpholine rings is 1. The zero-order valence-corrected chi connectivity index (χ0v) is 30.9. The molecule has 4 atom stereocenters. The van der Waals surface area contributed by atoms with E-state index in [9.17, 15) is 9.90 Å². The Labute approximate surface area is 304 Å². The van der Waals surface area contributed by atoms with Crippen molar-refractivity contribution in [1.29, 1.82) is 0 Å². The van der Waals surface area contributed by atoms with Gasteiger partial charge in [0.05, 0.1) is 37.3 Å². The lowest BCUT2D eigenvalue weighted by atomic mass is 9.61. The van der Waals surface area contributed by atoms with Gasteiger partial charge in [0, 0.05) is 56.6 Å². The lowest BCUT2D eigenvalue weighted by Crippen LogP contribution is -2.71. The number of ether oxygens (including phenoxy) is 2. The highest BCUT2D eigenvalue weighted by atomic mass is 16.5. The van der Waals surface area contributed by atoms with Gasteiger partial charge in [-0.1, -0.05) is 57.4 Å². The van der Waals surface area contributed by atoms with Crippen LogP contribution < -0.4 is 20.7 Å². The zero-order chi connectivity index (χ0) is 35.0. The van der Waals surface area contributed by atoms with Crippen molar-refractivity contribution in [2.24, 2.45) is 11.3 Å². The summed E-state index contributed by atoms with van der Waals surface area (Å²) in [5.41, 5.74) is 3.24. The van der Waals surface area contributed by atoms with Crippen molar-refractivity contribution in [3.63, 3.8) is 0 Å². The molecule has 11 heteroatoms. The SMILES string of the molecule is Cc1ncoc1COc1ccc2c(c1)CCN(C[C@@H](O)CNC(=O)C1CC(N3CCOCC3)NC(NC3CCC3)C13CCCCCCCCC3)C2. The largest absolute Gasteiger partial charge is 0.486 e. The fourth-order valence-electron chi connectivity index (χ4n) is 9.33. The van der Waals surface area contributed by atoms with E-state index in [0.29, 0.717) is 19.2 Å². The van der Waals surface area contributed by atoms with Crippen LogP contribution in [0.15, 0.2) is 29.0 Å². The lowest BCUT2D eigenvalue weighted by Gasteiger charge is -2.56. The molecule has 4 heterocycles. The molecule has 2 aromatic rings. The summed E-state index contributed by atoms with van der Waals surface area (Å²) in [5, 5.41) is 22.8. The summed E-state index contributed by atoms with van der Waals surface area (Å²) in [6.07, 6.45) is 17.4. The van der Waals surface area contributed by atoms with Crippen molar-refractivity contribution in [1.82, 2.24) is 30.7 Å². The Balaban J connectivity index is 0.993. The number of piperidine rings is 1. The number of aryl methyl sites for hydroxylation is 1. The first-order valence-electron chi connectivity index (χ1n) is 20.1. The molecule has 3 unspecified atom stereocenters. The van der Waals surface area contributed by atoms with E-state index >= 15 is 0 Å². The summed E-state index contributed by atoms with van der Waals surface area (Å²) < 4.78 is 17.1. The van der Waals surface area contributed by atoms with Crippen LogP contribution in [0.1, 0.15) is 106 Å². The van der Waals surface area contributed by atoms with Crippen LogP contribution in [-0.2, 0) is 29.1 Å². The number of fused-ring (bicyclic) bond motifs is 1. The van der Waals surface area contributed by atoms with E-state index in [1.165, 1.54) is 81.7 Å². The maximum Gasteiger partial charge on any atom is 0.223 e. The van der Waals surface area contributed by atoms with Crippen molar-refractivity contribution in [2.75, 3.05) is 45.9 Å². The second kappa shape index (κ2) is 17.5. The van der Waals surface area contributed by atoms with Gasteiger partial charge in [0.15, 0.2) is 12.2 Å². The molecule has 3 aliphatic heterocycles. The Morgan fingerprint density at radius 3 is 2.53 bits per heavy atom. The minimum Gasteiger partial charge on any atom is -0.486 e. The number of hydrogen-bond acceptors (Lipinski definition) is 10. The summed E-state index contributed by atoms with van der Waals surface area (Å²) in [4.78, 5) is 23.5. The van der Waals surface area contributed by atoms with Crippen molar-refractivity contribution in [2.45, 2.75) is 134 Å². The minimum absolute atomic E-state index is 0.107. The number of carbonyl (C=O) groups excluding carboxylic acids is 1. The summed E-state index contributed by atoms with van der Waals surface area (Å²) in [5.74, 6) is 1.59.